The molecule has 0 aliphatic carbocycles. The molecule has 0 aliphatic heterocycles. The highest BCUT2D eigenvalue weighted by Crippen LogP contribution is 2.07. The first kappa shape index (κ1) is 16.0. The van der Waals surface area contributed by atoms with Crippen LogP contribution in [0.3, 0.4) is 0 Å². The lowest BCUT2D eigenvalue weighted by Gasteiger charge is -2.16. The molecule has 4 heteroatoms. The highest BCUT2D eigenvalue weighted by atomic mass is 16.7. The molecule has 4 nitrogen and oxygen atoms in total. The zero-order valence-corrected chi connectivity index (χ0v) is 11.8. The number of hydrogen-bond acceptors (Lipinski definition) is 4. The van der Waals surface area contributed by atoms with Gasteiger partial charge in [0.15, 0.2) is 6.29 Å². The van der Waals surface area contributed by atoms with E-state index in [0.29, 0.717) is 33.0 Å². The van der Waals surface area contributed by atoms with Crippen LogP contribution in [0.5, 0.6) is 5.75 Å². The van der Waals surface area contributed by atoms with E-state index < -0.39 is 0 Å². The number of ether oxygens (including phenoxy) is 4. The van der Waals surface area contributed by atoms with E-state index in [0.717, 1.165) is 12.2 Å². The molecule has 1 rings (SSSR count). The summed E-state index contributed by atoms with van der Waals surface area (Å²) < 4.78 is 21.9. The Labute approximate surface area is 115 Å². The van der Waals surface area contributed by atoms with Crippen LogP contribution in [0.25, 0.3) is 0 Å². The van der Waals surface area contributed by atoms with Gasteiger partial charge in [0.2, 0.25) is 0 Å². The van der Waals surface area contributed by atoms with Crippen LogP contribution in [-0.2, 0) is 14.2 Å². The predicted molar refractivity (Wildman–Crippen MR) is 74.4 cm³/mol. The molecule has 0 spiro atoms. The third-order valence-electron chi connectivity index (χ3n) is 2.44. The fraction of sp³-hybridized carbons (Fsp3) is 0.600. The predicted octanol–water partition coefficient (Wildman–Crippen LogP) is 2.87. The average molecular weight is 268 g/mol. The third-order valence-corrected chi connectivity index (χ3v) is 2.44. The van der Waals surface area contributed by atoms with Crippen molar-refractivity contribution >= 4 is 0 Å². The Morgan fingerprint density at radius 1 is 0.895 bits per heavy atom. The topological polar surface area (TPSA) is 36.9 Å². The Morgan fingerprint density at radius 2 is 1.58 bits per heavy atom. The van der Waals surface area contributed by atoms with Crippen LogP contribution in [0.1, 0.15) is 20.3 Å². The summed E-state index contributed by atoms with van der Waals surface area (Å²) in [6, 6.07) is 9.72. The Kier molecular flexibility index (Phi) is 9.06. The Morgan fingerprint density at radius 3 is 2.21 bits per heavy atom. The van der Waals surface area contributed by atoms with Gasteiger partial charge in [0, 0.05) is 19.6 Å². The minimum atomic E-state index is -0.162. The molecule has 0 unspecified atom stereocenters. The molecule has 0 aromatic heterocycles. The first-order valence-electron chi connectivity index (χ1n) is 6.85. The summed E-state index contributed by atoms with van der Waals surface area (Å²) in [5, 5.41) is 0. The van der Waals surface area contributed by atoms with Gasteiger partial charge in [-0.15, -0.1) is 0 Å². The zero-order valence-electron chi connectivity index (χ0n) is 11.8. The van der Waals surface area contributed by atoms with E-state index in [9.17, 15) is 0 Å². The SMILES string of the molecule is CCOC(CCOCCOc1ccccc1)OCC. The highest BCUT2D eigenvalue weighted by molar-refractivity contribution is 5.20. The van der Waals surface area contributed by atoms with Crippen LogP contribution in [0, 0.1) is 0 Å². The molecule has 0 saturated heterocycles. The average Bonchev–Trinajstić information content (AvgIpc) is 2.44. The lowest BCUT2D eigenvalue weighted by atomic mass is 10.3. The maximum Gasteiger partial charge on any atom is 0.159 e. The van der Waals surface area contributed by atoms with Crippen LogP contribution in [0.4, 0.5) is 0 Å². The minimum Gasteiger partial charge on any atom is -0.491 e. The molecule has 1 aromatic carbocycles. The Bertz CT molecular complexity index is 296. The summed E-state index contributed by atoms with van der Waals surface area (Å²) in [6.07, 6.45) is 0.581. The molecule has 0 atom stereocenters. The summed E-state index contributed by atoms with van der Waals surface area (Å²) in [5.74, 6) is 0.868. The van der Waals surface area contributed by atoms with Crippen LogP contribution >= 0.6 is 0 Å². The maximum atomic E-state index is 5.52. The lowest BCUT2D eigenvalue weighted by Crippen LogP contribution is -2.20. The van der Waals surface area contributed by atoms with Crippen molar-refractivity contribution in [1.82, 2.24) is 0 Å². The van der Waals surface area contributed by atoms with Crippen LogP contribution < -0.4 is 4.74 Å². The van der Waals surface area contributed by atoms with Gasteiger partial charge in [-0.3, -0.25) is 0 Å². The van der Waals surface area contributed by atoms with Gasteiger partial charge in [-0.25, -0.2) is 0 Å². The molecule has 108 valence electrons. The summed E-state index contributed by atoms with van der Waals surface area (Å²) in [5.41, 5.74) is 0. The van der Waals surface area contributed by atoms with E-state index in [1.807, 2.05) is 44.2 Å². The number of para-hydroxylation sites is 1. The summed E-state index contributed by atoms with van der Waals surface area (Å²) in [7, 11) is 0. The van der Waals surface area contributed by atoms with Crippen LogP contribution in [0.15, 0.2) is 30.3 Å². The molecule has 0 saturated carbocycles. The number of benzene rings is 1. The van der Waals surface area contributed by atoms with E-state index in [1.54, 1.807) is 0 Å². The molecule has 19 heavy (non-hydrogen) atoms. The Hall–Kier alpha value is -1.10. The molecule has 0 aliphatic rings. The summed E-state index contributed by atoms with van der Waals surface area (Å²) >= 11 is 0. The van der Waals surface area contributed by atoms with Crippen LogP contribution in [-0.4, -0.2) is 39.3 Å². The molecule has 0 bridgehead atoms. The molecular formula is C15H24O4. The summed E-state index contributed by atoms with van der Waals surface area (Å²) in [6.45, 7) is 6.96. The van der Waals surface area contributed by atoms with Crippen molar-refractivity contribution in [2.45, 2.75) is 26.6 Å². The van der Waals surface area contributed by atoms with E-state index in [2.05, 4.69) is 0 Å². The fourth-order valence-corrected chi connectivity index (χ4v) is 1.60. The number of hydrogen-bond donors (Lipinski definition) is 0. The molecule has 0 N–H and O–H groups in total. The van der Waals surface area contributed by atoms with Crippen molar-refractivity contribution in [2.24, 2.45) is 0 Å². The van der Waals surface area contributed by atoms with Gasteiger partial charge in [0.25, 0.3) is 0 Å². The standard InChI is InChI=1S/C15H24O4/c1-3-17-15(18-4-2)10-11-16-12-13-19-14-8-6-5-7-9-14/h5-9,15H,3-4,10-13H2,1-2H3. The maximum absolute atomic E-state index is 5.52. The lowest BCUT2D eigenvalue weighted by molar-refractivity contribution is -0.146. The van der Waals surface area contributed by atoms with Crippen molar-refractivity contribution in [3.8, 4) is 5.75 Å². The first-order chi connectivity index (χ1) is 9.36. The van der Waals surface area contributed by atoms with E-state index in [1.165, 1.54) is 0 Å². The molecule has 1 aromatic rings. The number of rotatable bonds is 11. The van der Waals surface area contributed by atoms with Gasteiger partial charge in [-0.2, -0.15) is 0 Å². The molecule has 0 heterocycles. The molecule has 0 radical (unpaired) electrons. The van der Waals surface area contributed by atoms with Gasteiger partial charge >= 0.3 is 0 Å². The second kappa shape index (κ2) is 10.8. The summed E-state index contributed by atoms with van der Waals surface area (Å²) in [4.78, 5) is 0. The van der Waals surface area contributed by atoms with Crippen molar-refractivity contribution in [1.29, 1.82) is 0 Å². The van der Waals surface area contributed by atoms with Gasteiger partial charge in [0.1, 0.15) is 12.4 Å². The van der Waals surface area contributed by atoms with E-state index >= 15 is 0 Å². The largest absolute Gasteiger partial charge is 0.491 e. The molecule has 0 amide bonds. The highest BCUT2D eigenvalue weighted by Gasteiger charge is 2.07. The van der Waals surface area contributed by atoms with Gasteiger partial charge in [-0.1, -0.05) is 18.2 Å². The fourth-order valence-electron chi connectivity index (χ4n) is 1.60. The molecule has 0 fully saturated rings. The second-order valence-corrected chi connectivity index (χ2v) is 3.90. The van der Waals surface area contributed by atoms with Crippen molar-refractivity contribution in [3.63, 3.8) is 0 Å². The zero-order chi connectivity index (χ0) is 13.8. The Balaban J connectivity index is 2.01. The monoisotopic (exact) mass is 268 g/mol. The molecular weight excluding hydrogens is 244 g/mol. The first-order valence-corrected chi connectivity index (χ1v) is 6.85. The van der Waals surface area contributed by atoms with Crippen LogP contribution in [0.2, 0.25) is 0 Å². The van der Waals surface area contributed by atoms with E-state index in [4.69, 9.17) is 18.9 Å². The van der Waals surface area contributed by atoms with Crippen molar-refractivity contribution in [2.75, 3.05) is 33.0 Å². The second-order valence-electron chi connectivity index (χ2n) is 3.90. The third kappa shape index (κ3) is 7.82. The smallest absolute Gasteiger partial charge is 0.159 e. The van der Waals surface area contributed by atoms with Gasteiger partial charge in [-0.05, 0) is 26.0 Å². The van der Waals surface area contributed by atoms with Gasteiger partial charge in [0.05, 0.1) is 13.2 Å². The normalized spacial score (nSPS) is 10.9. The van der Waals surface area contributed by atoms with Crippen molar-refractivity contribution in [3.05, 3.63) is 30.3 Å². The minimum absolute atomic E-state index is 0.162. The van der Waals surface area contributed by atoms with Crippen molar-refractivity contribution < 1.29 is 18.9 Å². The van der Waals surface area contributed by atoms with Gasteiger partial charge < -0.3 is 18.9 Å². The quantitative estimate of drug-likeness (QED) is 0.457. The van der Waals surface area contributed by atoms with E-state index in [-0.39, 0.29) is 6.29 Å².